The molecule has 1 N–H and O–H groups in total. The van der Waals surface area contributed by atoms with Gasteiger partial charge in [-0.05, 0) is 22.4 Å². The zero-order chi connectivity index (χ0) is 12.6. The monoisotopic (exact) mass is 270 g/mol. The van der Waals surface area contributed by atoms with Gasteiger partial charge in [0, 0.05) is 39.3 Å². The number of piperazine rings is 1. The average Bonchev–Trinajstić information content (AvgIpc) is 2.89. The maximum Gasteiger partial charge on any atom is 0.0698 e. The number of hydrogen-bond donors (Lipinski definition) is 1. The van der Waals surface area contributed by atoms with Gasteiger partial charge < -0.3 is 9.84 Å². The maximum atomic E-state index is 8.62. The van der Waals surface area contributed by atoms with Gasteiger partial charge in [0.15, 0.2) is 0 Å². The van der Waals surface area contributed by atoms with Crippen molar-refractivity contribution < 1.29 is 9.84 Å². The van der Waals surface area contributed by atoms with E-state index in [1.165, 1.54) is 5.56 Å². The predicted molar refractivity (Wildman–Crippen MR) is 73.9 cm³/mol. The van der Waals surface area contributed by atoms with Crippen LogP contribution in [0.1, 0.15) is 5.56 Å². The fraction of sp³-hybridized carbons (Fsp3) is 0.692. The Morgan fingerprint density at radius 2 is 1.94 bits per heavy atom. The minimum absolute atomic E-state index is 0.119. The Hall–Kier alpha value is -0.460. The van der Waals surface area contributed by atoms with Crippen molar-refractivity contribution in [1.29, 1.82) is 0 Å². The first-order chi connectivity index (χ1) is 8.88. The fourth-order valence-electron chi connectivity index (χ4n) is 2.17. The van der Waals surface area contributed by atoms with Crippen LogP contribution in [0.4, 0.5) is 0 Å². The molecule has 1 aliphatic rings. The third-order valence-electron chi connectivity index (χ3n) is 3.24. The topological polar surface area (TPSA) is 35.9 Å². The predicted octanol–water partition coefficient (Wildman–Crippen LogP) is 0.875. The van der Waals surface area contributed by atoms with Gasteiger partial charge in [0.1, 0.15) is 0 Å². The molecule has 1 saturated heterocycles. The molecule has 102 valence electrons. The highest BCUT2D eigenvalue weighted by Crippen LogP contribution is 2.11. The van der Waals surface area contributed by atoms with Gasteiger partial charge in [0.05, 0.1) is 19.8 Å². The number of thiophene rings is 1. The molecule has 1 aromatic rings. The molecular weight excluding hydrogens is 248 g/mol. The Morgan fingerprint density at radius 3 is 2.61 bits per heavy atom. The largest absolute Gasteiger partial charge is 0.394 e. The van der Waals surface area contributed by atoms with Crippen LogP contribution in [0.3, 0.4) is 0 Å². The van der Waals surface area contributed by atoms with E-state index < -0.39 is 0 Å². The minimum atomic E-state index is 0.119. The van der Waals surface area contributed by atoms with E-state index in [0.29, 0.717) is 6.61 Å². The second kappa shape index (κ2) is 7.86. The van der Waals surface area contributed by atoms with Crippen molar-refractivity contribution in [3.05, 3.63) is 22.4 Å². The third-order valence-corrected chi connectivity index (χ3v) is 3.97. The van der Waals surface area contributed by atoms with Crippen molar-refractivity contribution in [1.82, 2.24) is 9.80 Å². The van der Waals surface area contributed by atoms with Gasteiger partial charge >= 0.3 is 0 Å². The van der Waals surface area contributed by atoms with Gasteiger partial charge in [-0.2, -0.15) is 11.3 Å². The molecule has 0 atom stereocenters. The first kappa shape index (κ1) is 14.0. The highest BCUT2D eigenvalue weighted by atomic mass is 32.1. The Bertz CT molecular complexity index is 311. The molecule has 4 nitrogen and oxygen atoms in total. The van der Waals surface area contributed by atoms with Crippen molar-refractivity contribution >= 4 is 11.3 Å². The van der Waals surface area contributed by atoms with E-state index in [4.69, 9.17) is 9.84 Å². The molecule has 1 aromatic heterocycles. The molecule has 1 aliphatic heterocycles. The van der Waals surface area contributed by atoms with E-state index in [1.54, 1.807) is 11.3 Å². The Morgan fingerprint density at radius 1 is 1.17 bits per heavy atom. The fourth-order valence-corrected chi connectivity index (χ4v) is 2.83. The van der Waals surface area contributed by atoms with Crippen LogP contribution in [-0.2, 0) is 11.3 Å². The van der Waals surface area contributed by atoms with E-state index in [9.17, 15) is 0 Å². The molecule has 0 amide bonds. The molecule has 0 saturated carbocycles. The van der Waals surface area contributed by atoms with Crippen molar-refractivity contribution in [2.45, 2.75) is 6.54 Å². The summed E-state index contributed by atoms with van der Waals surface area (Å²) in [6.45, 7) is 7.87. The number of aliphatic hydroxyl groups excluding tert-OH is 1. The maximum absolute atomic E-state index is 8.62. The van der Waals surface area contributed by atoms with E-state index in [2.05, 4.69) is 26.6 Å². The van der Waals surface area contributed by atoms with E-state index in [1.807, 2.05) is 0 Å². The first-order valence-corrected chi connectivity index (χ1v) is 7.47. The molecule has 18 heavy (non-hydrogen) atoms. The molecule has 1 fully saturated rings. The van der Waals surface area contributed by atoms with E-state index in [0.717, 1.165) is 45.9 Å². The summed E-state index contributed by atoms with van der Waals surface area (Å²) in [5.74, 6) is 0. The zero-order valence-corrected chi connectivity index (χ0v) is 11.6. The number of hydrogen-bond acceptors (Lipinski definition) is 5. The number of aliphatic hydroxyl groups is 1. The molecule has 5 heteroatoms. The van der Waals surface area contributed by atoms with Gasteiger partial charge in [0.2, 0.25) is 0 Å². The third kappa shape index (κ3) is 4.66. The summed E-state index contributed by atoms with van der Waals surface area (Å²) in [5, 5.41) is 13.0. The zero-order valence-electron chi connectivity index (χ0n) is 10.8. The van der Waals surface area contributed by atoms with Gasteiger partial charge in [0.25, 0.3) is 0 Å². The molecule has 0 aromatic carbocycles. The SMILES string of the molecule is OCCOCCN1CCN(Cc2ccsc2)CC1. The second-order valence-corrected chi connectivity index (χ2v) is 5.37. The lowest BCUT2D eigenvalue weighted by molar-refractivity contribution is 0.0564. The highest BCUT2D eigenvalue weighted by Gasteiger charge is 2.16. The van der Waals surface area contributed by atoms with Crippen LogP contribution in [-0.4, -0.2) is 67.5 Å². The van der Waals surface area contributed by atoms with Crippen molar-refractivity contribution in [3.8, 4) is 0 Å². The Labute approximate surface area is 113 Å². The van der Waals surface area contributed by atoms with Gasteiger partial charge in [-0.3, -0.25) is 9.80 Å². The summed E-state index contributed by atoms with van der Waals surface area (Å²) in [5.41, 5.74) is 1.43. The first-order valence-electron chi connectivity index (χ1n) is 6.53. The lowest BCUT2D eigenvalue weighted by atomic mass is 10.2. The van der Waals surface area contributed by atoms with Crippen LogP contribution in [0, 0.1) is 0 Å². The molecule has 0 radical (unpaired) electrons. The van der Waals surface area contributed by atoms with Crippen LogP contribution in [0.5, 0.6) is 0 Å². The van der Waals surface area contributed by atoms with E-state index >= 15 is 0 Å². The summed E-state index contributed by atoms with van der Waals surface area (Å²) in [6, 6.07) is 2.21. The summed E-state index contributed by atoms with van der Waals surface area (Å²) in [7, 11) is 0. The number of ether oxygens (including phenoxy) is 1. The number of rotatable bonds is 7. The molecular formula is C13H22N2O2S. The standard InChI is InChI=1S/C13H22N2O2S/c16-7-9-17-8-6-14-2-4-15(5-3-14)11-13-1-10-18-12-13/h1,10,12,16H,2-9,11H2. The number of nitrogens with zero attached hydrogens (tertiary/aromatic N) is 2. The van der Waals surface area contributed by atoms with Crippen LogP contribution in [0.15, 0.2) is 16.8 Å². The van der Waals surface area contributed by atoms with E-state index in [-0.39, 0.29) is 6.61 Å². The minimum Gasteiger partial charge on any atom is -0.394 e. The lowest BCUT2D eigenvalue weighted by Gasteiger charge is -2.34. The molecule has 0 aliphatic carbocycles. The van der Waals surface area contributed by atoms with Gasteiger partial charge in [-0.1, -0.05) is 0 Å². The second-order valence-electron chi connectivity index (χ2n) is 4.59. The molecule has 2 heterocycles. The Kier molecular flexibility index (Phi) is 6.10. The van der Waals surface area contributed by atoms with Gasteiger partial charge in [-0.15, -0.1) is 0 Å². The van der Waals surface area contributed by atoms with Crippen molar-refractivity contribution in [2.24, 2.45) is 0 Å². The van der Waals surface area contributed by atoms with Crippen molar-refractivity contribution in [3.63, 3.8) is 0 Å². The lowest BCUT2D eigenvalue weighted by Crippen LogP contribution is -2.46. The van der Waals surface area contributed by atoms with Crippen LogP contribution >= 0.6 is 11.3 Å². The van der Waals surface area contributed by atoms with Crippen LogP contribution in [0.2, 0.25) is 0 Å². The Balaban J connectivity index is 1.59. The van der Waals surface area contributed by atoms with Gasteiger partial charge in [-0.25, -0.2) is 0 Å². The summed E-state index contributed by atoms with van der Waals surface area (Å²) in [4.78, 5) is 4.94. The normalized spacial score (nSPS) is 18.3. The quantitative estimate of drug-likeness (QED) is 0.746. The molecule has 2 rings (SSSR count). The summed E-state index contributed by atoms with van der Waals surface area (Å²) in [6.07, 6.45) is 0. The molecule has 0 bridgehead atoms. The van der Waals surface area contributed by atoms with Crippen molar-refractivity contribution in [2.75, 3.05) is 52.5 Å². The molecule has 0 unspecified atom stereocenters. The van der Waals surface area contributed by atoms with Crippen LogP contribution < -0.4 is 0 Å². The smallest absolute Gasteiger partial charge is 0.0698 e. The molecule has 0 spiro atoms. The summed E-state index contributed by atoms with van der Waals surface area (Å²) < 4.78 is 5.29. The highest BCUT2D eigenvalue weighted by molar-refractivity contribution is 7.07. The summed E-state index contributed by atoms with van der Waals surface area (Å²) >= 11 is 1.77. The van der Waals surface area contributed by atoms with Crippen LogP contribution in [0.25, 0.3) is 0 Å². The average molecular weight is 270 g/mol.